The van der Waals surface area contributed by atoms with Crippen LogP contribution in [-0.2, 0) is 9.52 Å². The molecule has 0 aliphatic heterocycles. The van der Waals surface area contributed by atoms with Gasteiger partial charge in [-0.2, -0.15) is 0 Å². The lowest BCUT2D eigenvalue weighted by atomic mass is 10.4. The maximum atomic E-state index is 11.4. The van der Waals surface area contributed by atoms with Crippen LogP contribution in [0.15, 0.2) is 12.4 Å². The van der Waals surface area contributed by atoms with Gasteiger partial charge in [-0.3, -0.25) is 4.21 Å². The van der Waals surface area contributed by atoms with Gasteiger partial charge in [0.1, 0.15) is 6.33 Å². The van der Waals surface area contributed by atoms with Crippen LogP contribution in [0.1, 0.15) is 11.4 Å². The molecule has 0 saturated carbocycles. The number of aromatic nitrogens is 2. The Labute approximate surface area is 72.9 Å². The summed E-state index contributed by atoms with van der Waals surface area (Å²) in [4.78, 5) is 7.93. The fraction of sp³-hybridized carbons (Fsp3) is 0.375. The number of aryl methyl sites for hydroxylation is 1. The Hall–Kier alpha value is -0.900. The summed E-state index contributed by atoms with van der Waals surface area (Å²) in [5, 5.41) is 1.67. The summed E-state index contributed by atoms with van der Waals surface area (Å²) in [5.74, 6) is 0. The number of hydrogen-bond donors (Lipinski definition) is 0. The summed E-state index contributed by atoms with van der Waals surface area (Å²) < 4.78 is 11.4. The first-order chi connectivity index (χ1) is 5.47. The van der Waals surface area contributed by atoms with Crippen LogP contribution >= 0.6 is 0 Å². The summed E-state index contributed by atoms with van der Waals surface area (Å²) in [6.45, 7) is 1.88. The molecule has 0 amide bonds. The molecule has 4 heteroatoms. The molecule has 1 heterocycles. The molecule has 1 aromatic rings. The van der Waals surface area contributed by atoms with Gasteiger partial charge in [0.25, 0.3) is 0 Å². The summed E-state index contributed by atoms with van der Waals surface area (Å²) in [6, 6.07) is 1.81. The molecule has 1 rings (SSSR count). The Morgan fingerprint density at radius 3 is 2.58 bits per heavy atom. The Balaban J connectivity index is 3.15. The molecule has 0 aliphatic carbocycles. The standard InChI is InChI=1S/C8H12N2OS/c1-7-4-8(10-6-9-7)5-12(2,3)11/h4-6H,1-3H3. The molecule has 3 nitrogen and oxygen atoms in total. The second-order valence-electron chi connectivity index (χ2n) is 3.01. The van der Waals surface area contributed by atoms with Gasteiger partial charge in [-0.05, 0) is 22.5 Å². The van der Waals surface area contributed by atoms with E-state index in [1.807, 2.05) is 13.0 Å². The molecule has 66 valence electrons. The van der Waals surface area contributed by atoms with E-state index in [0.29, 0.717) is 0 Å². The smallest absolute Gasteiger partial charge is 0.116 e. The molecule has 0 spiro atoms. The van der Waals surface area contributed by atoms with E-state index in [4.69, 9.17) is 0 Å². The van der Waals surface area contributed by atoms with Crippen LogP contribution in [0.5, 0.6) is 0 Å². The third-order valence-corrected chi connectivity index (χ3v) is 2.04. The lowest BCUT2D eigenvalue weighted by Crippen LogP contribution is -2.01. The molecular formula is C8H12N2OS. The van der Waals surface area contributed by atoms with E-state index in [2.05, 4.69) is 9.97 Å². The van der Waals surface area contributed by atoms with Crippen LogP contribution in [0.2, 0.25) is 0 Å². The molecule has 0 bridgehead atoms. The predicted molar refractivity (Wildman–Crippen MR) is 51.9 cm³/mol. The molecule has 0 N–H and O–H groups in total. The molecule has 1 aromatic heterocycles. The predicted octanol–water partition coefficient (Wildman–Crippen LogP) is 0.479. The van der Waals surface area contributed by atoms with Crippen molar-refractivity contribution in [1.29, 1.82) is 0 Å². The van der Waals surface area contributed by atoms with Gasteiger partial charge in [-0.25, -0.2) is 9.97 Å². The highest BCUT2D eigenvalue weighted by Crippen LogP contribution is 1.94. The summed E-state index contributed by atoms with van der Waals surface area (Å²) >= 11 is 0. The summed E-state index contributed by atoms with van der Waals surface area (Å²) in [6.07, 6.45) is 4.85. The molecular weight excluding hydrogens is 172 g/mol. The molecule has 0 saturated heterocycles. The maximum Gasteiger partial charge on any atom is 0.116 e. The van der Waals surface area contributed by atoms with Crippen molar-refractivity contribution in [1.82, 2.24) is 9.97 Å². The first-order valence-electron chi connectivity index (χ1n) is 3.55. The van der Waals surface area contributed by atoms with Gasteiger partial charge < -0.3 is 0 Å². The SMILES string of the molecule is Cc1cc(C=S(C)(C)=O)ncn1. The third kappa shape index (κ3) is 3.00. The quantitative estimate of drug-likeness (QED) is 0.596. The van der Waals surface area contributed by atoms with Crippen molar-refractivity contribution in [3.63, 3.8) is 0 Å². The van der Waals surface area contributed by atoms with Gasteiger partial charge >= 0.3 is 0 Å². The highest BCUT2D eigenvalue weighted by Gasteiger charge is 1.93. The topological polar surface area (TPSA) is 42.9 Å². The van der Waals surface area contributed by atoms with Crippen LogP contribution in [0, 0.1) is 6.92 Å². The van der Waals surface area contributed by atoms with E-state index in [0.717, 1.165) is 11.4 Å². The minimum atomic E-state index is -1.86. The first-order valence-corrected chi connectivity index (χ1v) is 5.99. The van der Waals surface area contributed by atoms with E-state index < -0.39 is 9.52 Å². The van der Waals surface area contributed by atoms with Crippen LogP contribution in [0.25, 0.3) is 0 Å². The van der Waals surface area contributed by atoms with Crippen LogP contribution in [0.4, 0.5) is 0 Å². The molecule has 12 heavy (non-hydrogen) atoms. The first kappa shape index (κ1) is 9.19. The second-order valence-corrected chi connectivity index (χ2v) is 5.87. The molecule has 0 unspecified atom stereocenters. The molecule has 0 aliphatic rings. The van der Waals surface area contributed by atoms with Crippen molar-refractivity contribution in [2.75, 3.05) is 12.5 Å². The average molecular weight is 184 g/mol. The average Bonchev–Trinajstić information content (AvgIpc) is 1.82. The Kier molecular flexibility index (Phi) is 2.47. The molecule has 0 radical (unpaired) electrons. The summed E-state index contributed by atoms with van der Waals surface area (Å²) in [5.41, 5.74) is 1.62. The van der Waals surface area contributed by atoms with Crippen molar-refractivity contribution in [2.24, 2.45) is 0 Å². The van der Waals surface area contributed by atoms with Crippen LogP contribution in [0.3, 0.4) is 0 Å². The second kappa shape index (κ2) is 3.23. The number of nitrogens with zero attached hydrogens (tertiary/aromatic N) is 2. The van der Waals surface area contributed by atoms with E-state index in [-0.39, 0.29) is 0 Å². The number of rotatable bonds is 1. The zero-order chi connectivity index (χ0) is 9.19. The van der Waals surface area contributed by atoms with Crippen LogP contribution < -0.4 is 0 Å². The van der Waals surface area contributed by atoms with Crippen LogP contribution in [-0.4, -0.2) is 32.1 Å². The Morgan fingerprint density at radius 1 is 1.42 bits per heavy atom. The normalized spacial score (nSPS) is 11.2. The highest BCUT2D eigenvalue weighted by molar-refractivity contribution is 8.00. The minimum absolute atomic E-state index is 0.734. The van der Waals surface area contributed by atoms with Crippen molar-refractivity contribution in [3.8, 4) is 0 Å². The number of hydrogen-bond acceptors (Lipinski definition) is 3. The third-order valence-electron chi connectivity index (χ3n) is 1.23. The fourth-order valence-electron chi connectivity index (χ4n) is 0.830. The van der Waals surface area contributed by atoms with E-state index >= 15 is 0 Å². The lowest BCUT2D eigenvalue weighted by Gasteiger charge is -1.96. The van der Waals surface area contributed by atoms with Gasteiger partial charge in [-0.15, -0.1) is 0 Å². The largest absolute Gasteiger partial charge is 0.268 e. The van der Waals surface area contributed by atoms with Gasteiger partial charge in [0.2, 0.25) is 0 Å². The van der Waals surface area contributed by atoms with E-state index in [1.54, 1.807) is 17.9 Å². The molecule has 0 aromatic carbocycles. The van der Waals surface area contributed by atoms with Gasteiger partial charge in [-0.1, -0.05) is 0 Å². The van der Waals surface area contributed by atoms with Gasteiger partial charge in [0, 0.05) is 23.6 Å². The minimum Gasteiger partial charge on any atom is -0.268 e. The zero-order valence-corrected chi connectivity index (χ0v) is 8.26. The zero-order valence-electron chi connectivity index (χ0n) is 7.44. The van der Waals surface area contributed by atoms with Crippen molar-refractivity contribution < 1.29 is 4.21 Å². The highest BCUT2D eigenvalue weighted by atomic mass is 32.2. The van der Waals surface area contributed by atoms with Crippen molar-refractivity contribution in [2.45, 2.75) is 6.92 Å². The van der Waals surface area contributed by atoms with E-state index in [9.17, 15) is 4.21 Å². The van der Waals surface area contributed by atoms with E-state index in [1.165, 1.54) is 6.33 Å². The van der Waals surface area contributed by atoms with Gasteiger partial charge in [0.05, 0.1) is 5.69 Å². The maximum absolute atomic E-state index is 11.4. The van der Waals surface area contributed by atoms with Crippen molar-refractivity contribution >= 4 is 14.9 Å². The van der Waals surface area contributed by atoms with Gasteiger partial charge in [0.15, 0.2) is 0 Å². The Morgan fingerprint density at radius 2 is 2.08 bits per heavy atom. The Bertz CT molecular complexity index is 384. The summed E-state index contributed by atoms with van der Waals surface area (Å²) in [7, 11) is -1.86. The molecule has 0 fully saturated rings. The lowest BCUT2D eigenvalue weighted by molar-refractivity contribution is 0.688. The monoisotopic (exact) mass is 184 g/mol. The fourth-order valence-corrected chi connectivity index (χ4v) is 1.54. The van der Waals surface area contributed by atoms with Crippen molar-refractivity contribution in [3.05, 3.63) is 23.8 Å². The molecule has 0 atom stereocenters.